The van der Waals surface area contributed by atoms with Gasteiger partial charge in [-0.25, -0.2) is 4.79 Å². The van der Waals surface area contributed by atoms with Crippen molar-refractivity contribution in [2.24, 2.45) is 0 Å². The quantitative estimate of drug-likeness (QED) is 0.825. The van der Waals surface area contributed by atoms with Crippen molar-refractivity contribution in [3.05, 3.63) is 23.5 Å². The number of urea groups is 1. The molecule has 1 aromatic rings. The minimum absolute atomic E-state index is 0.0295. The van der Waals surface area contributed by atoms with E-state index in [-0.39, 0.29) is 18.4 Å². The molecule has 4 amide bonds. The van der Waals surface area contributed by atoms with Gasteiger partial charge in [0.05, 0.1) is 23.3 Å². The Morgan fingerprint density at radius 3 is 2.71 bits per heavy atom. The molecule has 2 rings (SSSR count). The first kappa shape index (κ1) is 15.2. The van der Waals surface area contributed by atoms with E-state index in [4.69, 9.17) is 11.6 Å². The minimum atomic E-state index is -0.841. The van der Waals surface area contributed by atoms with Crippen molar-refractivity contribution in [3.63, 3.8) is 0 Å². The molecule has 2 N–H and O–H groups in total. The number of amides is 4. The SMILES string of the molecule is CC(C)N1C(=O)CC(NC(=O)Nc2cncc(Cl)c2)C1=O. The van der Waals surface area contributed by atoms with Gasteiger partial charge in [0.2, 0.25) is 5.91 Å². The summed E-state index contributed by atoms with van der Waals surface area (Å²) in [6, 6.07) is -0.129. The zero-order chi connectivity index (χ0) is 15.6. The lowest BCUT2D eigenvalue weighted by Crippen LogP contribution is -2.45. The number of likely N-dealkylation sites (tertiary alicyclic amines) is 1. The largest absolute Gasteiger partial charge is 0.326 e. The van der Waals surface area contributed by atoms with Crippen LogP contribution < -0.4 is 10.6 Å². The van der Waals surface area contributed by atoms with Crippen LogP contribution in [0.4, 0.5) is 10.5 Å². The zero-order valence-corrected chi connectivity index (χ0v) is 12.3. The summed E-state index contributed by atoms with van der Waals surface area (Å²) in [6.07, 6.45) is 2.83. The molecule has 112 valence electrons. The molecule has 1 unspecified atom stereocenters. The number of anilines is 1. The summed E-state index contributed by atoms with van der Waals surface area (Å²) >= 11 is 5.76. The second kappa shape index (κ2) is 6.09. The molecule has 1 saturated heterocycles. The van der Waals surface area contributed by atoms with Crippen molar-refractivity contribution < 1.29 is 14.4 Å². The molecule has 21 heavy (non-hydrogen) atoms. The van der Waals surface area contributed by atoms with Gasteiger partial charge in [-0.3, -0.25) is 19.5 Å². The Morgan fingerprint density at radius 2 is 2.14 bits per heavy atom. The van der Waals surface area contributed by atoms with Crippen molar-refractivity contribution in [1.82, 2.24) is 15.2 Å². The third-order valence-electron chi connectivity index (χ3n) is 2.97. The van der Waals surface area contributed by atoms with Crippen LogP contribution in [0.25, 0.3) is 0 Å². The second-order valence-corrected chi connectivity index (χ2v) is 5.38. The first-order chi connectivity index (χ1) is 9.88. The number of carbonyl (C=O) groups is 3. The van der Waals surface area contributed by atoms with E-state index >= 15 is 0 Å². The normalized spacial score (nSPS) is 18.3. The molecule has 1 aromatic heterocycles. The van der Waals surface area contributed by atoms with E-state index < -0.39 is 18.0 Å². The van der Waals surface area contributed by atoms with Crippen molar-refractivity contribution in [3.8, 4) is 0 Å². The van der Waals surface area contributed by atoms with E-state index in [2.05, 4.69) is 15.6 Å². The first-order valence-electron chi connectivity index (χ1n) is 6.42. The lowest BCUT2D eigenvalue weighted by molar-refractivity contribution is -0.140. The molecule has 0 bridgehead atoms. The highest BCUT2D eigenvalue weighted by Crippen LogP contribution is 2.17. The standard InChI is InChI=1S/C13H15ClN4O3/c1-7(2)18-11(19)4-10(12(18)20)17-13(21)16-9-3-8(14)5-15-6-9/h3,5-7,10H,4H2,1-2H3,(H2,16,17,21). The molecular weight excluding hydrogens is 296 g/mol. The highest BCUT2D eigenvalue weighted by atomic mass is 35.5. The number of imide groups is 1. The smallest absolute Gasteiger partial charge is 0.319 e. The van der Waals surface area contributed by atoms with Crippen LogP contribution in [0.2, 0.25) is 5.02 Å². The molecule has 1 aliphatic rings. The second-order valence-electron chi connectivity index (χ2n) is 4.94. The van der Waals surface area contributed by atoms with Crippen molar-refractivity contribution >= 4 is 35.1 Å². The van der Waals surface area contributed by atoms with Crippen molar-refractivity contribution in [2.45, 2.75) is 32.4 Å². The molecule has 7 nitrogen and oxygen atoms in total. The van der Waals surface area contributed by atoms with Crippen LogP contribution in [0.3, 0.4) is 0 Å². The number of pyridine rings is 1. The summed E-state index contributed by atoms with van der Waals surface area (Å²) in [4.78, 5) is 40.6. The van der Waals surface area contributed by atoms with Gasteiger partial charge in [0.1, 0.15) is 6.04 Å². The zero-order valence-electron chi connectivity index (χ0n) is 11.6. The Bertz CT molecular complexity index is 591. The van der Waals surface area contributed by atoms with E-state index in [0.717, 1.165) is 4.90 Å². The number of carbonyl (C=O) groups excluding carboxylic acids is 3. The molecule has 0 aromatic carbocycles. The Morgan fingerprint density at radius 1 is 1.43 bits per heavy atom. The topological polar surface area (TPSA) is 91.4 Å². The third kappa shape index (κ3) is 3.49. The minimum Gasteiger partial charge on any atom is -0.326 e. The summed E-state index contributed by atoms with van der Waals surface area (Å²) < 4.78 is 0. The van der Waals surface area contributed by atoms with Gasteiger partial charge in [-0.2, -0.15) is 0 Å². The number of hydrogen-bond donors (Lipinski definition) is 2. The fourth-order valence-electron chi connectivity index (χ4n) is 2.11. The van der Waals surface area contributed by atoms with Gasteiger partial charge < -0.3 is 10.6 Å². The average molecular weight is 311 g/mol. The number of hydrogen-bond acceptors (Lipinski definition) is 4. The van der Waals surface area contributed by atoms with Crippen LogP contribution in [0.15, 0.2) is 18.5 Å². The number of nitrogens with zero attached hydrogens (tertiary/aromatic N) is 2. The maximum Gasteiger partial charge on any atom is 0.319 e. The number of aromatic nitrogens is 1. The Hall–Kier alpha value is -2.15. The molecule has 0 aliphatic carbocycles. The van der Waals surface area contributed by atoms with Crippen LogP contribution in [0.5, 0.6) is 0 Å². The Labute approximate surface area is 126 Å². The van der Waals surface area contributed by atoms with Gasteiger partial charge in [-0.1, -0.05) is 11.6 Å². The summed E-state index contributed by atoms with van der Waals surface area (Å²) in [5.74, 6) is -0.681. The predicted molar refractivity (Wildman–Crippen MR) is 76.8 cm³/mol. The summed E-state index contributed by atoms with van der Waals surface area (Å²) in [5, 5.41) is 5.37. The number of rotatable bonds is 3. The van der Waals surface area contributed by atoms with E-state index in [1.54, 1.807) is 13.8 Å². The maximum absolute atomic E-state index is 12.0. The van der Waals surface area contributed by atoms with E-state index in [0.29, 0.717) is 10.7 Å². The summed E-state index contributed by atoms with van der Waals surface area (Å²) in [7, 11) is 0. The maximum atomic E-state index is 12.0. The van der Waals surface area contributed by atoms with Gasteiger partial charge in [-0.05, 0) is 19.9 Å². The van der Waals surface area contributed by atoms with Gasteiger partial charge >= 0.3 is 6.03 Å². The molecule has 0 spiro atoms. The van der Waals surface area contributed by atoms with Crippen LogP contribution >= 0.6 is 11.6 Å². The van der Waals surface area contributed by atoms with Gasteiger partial charge in [0, 0.05) is 12.2 Å². The molecule has 2 heterocycles. The van der Waals surface area contributed by atoms with Gasteiger partial charge in [0.25, 0.3) is 5.91 Å². The van der Waals surface area contributed by atoms with Gasteiger partial charge in [0.15, 0.2) is 0 Å². The first-order valence-corrected chi connectivity index (χ1v) is 6.80. The molecule has 0 saturated carbocycles. The van der Waals surface area contributed by atoms with E-state index in [1.165, 1.54) is 18.5 Å². The lowest BCUT2D eigenvalue weighted by Gasteiger charge is -2.19. The van der Waals surface area contributed by atoms with Crippen molar-refractivity contribution in [2.75, 3.05) is 5.32 Å². The summed E-state index contributed by atoms with van der Waals surface area (Å²) in [5.41, 5.74) is 0.400. The van der Waals surface area contributed by atoms with Crippen molar-refractivity contribution in [1.29, 1.82) is 0 Å². The predicted octanol–water partition coefficient (Wildman–Crippen LogP) is 1.39. The van der Waals surface area contributed by atoms with Crippen LogP contribution in [0.1, 0.15) is 20.3 Å². The lowest BCUT2D eigenvalue weighted by atomic mass is 10.2. The number of halogens is 1. The third-order valence-corrected chi connectivity index (χ3v) is 3.17. The van der Waals surface area contributed by atoms with E-state index in [1.807, 2.05) is 0 Å². The fourth-order valence-corrected chi connectivity index (χ4v) is 2.29. The van der Waals surface area contributed by atoms with E-state index in [9.17, 15) is 14.4 Å². The fraction of sp³-hybridized carbons (Fsp3) is 0.385. The molecule has 1 aliphatic heterocycles. The highest BCUT2D eigenvalue weighted by Gasteiger charge is 2.40. The van der Waals surface area contributed by atoms with Crippen LogP contribution in [-0.2, 0) is 9.59 Å². The molecule has 1 fully saturated rings. The number of nitrogens with one attached hydrogen (secondary N) is 2. The molecule has 0 radical (unpaired) electrons. The Kier molecular flexibility index (Phi) is 4.42. The average Bonchev–Trinajstić information content (AvgIpc) is 2.64. The van der Waals surface area contributed by atoms with Crippen LogP contribution in [-0.4, -0.2) is 39.8 Å². The highest BCUT2D eigenvalue weighted by molar-refractivity contribution is 6.30. The monoisotopic (exact) mass is 310 g/mol. The molecule has 1 atom stereocenters. The Balaban J connectivity index is 1.98. The molecular formula is C13H15ClN4O3. The van der Waals surface area contributed by atoms with Gasteiger partial charge in [-0.15, -0.1) is 0 Å². The van der Waals surface area contributed by atoms with Crippen LogP contribution in [0, 0.1) is 0 Å². The molecule has 8 heteroatoms. The summed E-state index contributed by atoms with van der Waals surface area (Å²) in [6.45, 7) is 3.49.